The van der Waals surface area contributed by atoms with Crippen molar-refractivity contribution in [2.24, 2.45) is 0 Å². The van der Waals surface area contributed by atoms with Crippen molar-refractivity contribution in [3.8, 4) is 0 Å². The molecule has 0 aliphatic rings. The monoisotopic (exact) mass is 275 g/mol. The van der Waals surface area contributed by atoms with Crippen LogP contribution >= 0.6 is 11.3 Å². The molecule has 4 heteroatoms. The van der Waals surface area contributed by atoms with Crippen LogP contribution in [0.3, 0.4) is 0 Å². The average molecular weight is 275 g/mol. The first kappa shape index (κ1) is 14.0. The summed E-state index contributed by atoms with van der Waals surface area (Å²) in [5.74, 6) is 0.576. The van der Waals surface area contributed by atoms with Crippen molar-refractivity contribution in [3.05, 3.63) is 40.4 Å². The first-order chi connectivity index (χ1) is 9.10. The Morgan fingerprint density at radius 1 is 1.05 bits per heavy atom. The van der Waals surface area contributed by atoms with Crippen molar-refractivity contribution in [2.75, 3.05) is 5.32 Å². The minimum Gasteiger partial charge on any atom is -0.354 e. The van der Waals surface area contributed by atoms with Gasteiger partial charge in [-0.15, -0.1) is 10.2 Å². The third kappa shape index (κ3) is 3.53. The first-order valence-corrected chi connectivity index (χ1v) is 7.60. The summed E-state index contributed by atoms with van der Waals surface area (Å²) in [4.78, 5) is 0. The maximum Gasteiger partial charge on any atom is 0.206 e. The van der Waals surface area contributed by atoms with Gasteiger partial charge in [-0.25, -0.2) is 0 Å². The normalized spacial score (nSPS) is 12.7. The second kappa shape index (κ2) is 6.15. The van der Waals surface area contributed by atoms with Crippen LogP contribution in [0, 0.1) is 0 Å². The van der Waals surface area contributed by atoms with E-state index in [9.17, 15) is 0 Å². The van der Waals surface area contributed by atoms with Crippen LogP contribution in [0.15, 0.2) is 24.3 Å². The molecule has 0 spiro atoms. The average Bonchev–Trinajstić information content (AvgIpc) is 2.86. The number of aromatic nitrogens is 2. The SMILES string of the molecule is CCc1nnc(NC(C)c2ccc(C(C)C)cc2)s1. The van der Waals surface area contributed by atoms with Gasteiger partial charge in [-0.05, 0) is 30.4 Å². The molecular weight excluding hydrogens is 254 g/mol. The Morgan fingerprint density at radius 2 is 1.68 bits per heavy atom. The van der Waals surface area contributed by atoms with Gasteiger partial charge in [-0.1, -0.05) is 56.4 Å². The number of anilines is 1. The number of benzene rings is 1. The van der Waals surface area contributed by atoms with Crippen LogP contribution < -0.4 is 5.32 Å². The second-order valence-corrected chi connectivity index (χ2v) is 6.10. The summed E-state index contributed by atoms with van der Waals surface area (Å²) < 4.78 is 0. The van der Waals surface area contributed by atoms with Crippen LogP contribution in [-0.2, 0) is 6.42 Å². The van der Waals surface area contributed by atoms with Crippen LogP contribution in [0.25, 0.3) is 0 Å². The smallest absolute Gasteiger partial charge is 0.206 e. The molecule has 0 amide bonds. The van der Waals surface area contributed by atoms with Crippen LogP contribution in [0.1, 0.15) is 55.8 Å². The summed E-state index contributed by atoms with van der Waals surface area (Å²) in [6, 6.07) is 9.04. The maximum absolute atomic E-state index is 4.16. The van der Waals surface area contributed by atoms with E-state index in [1.165, 1.54) is 11.1 Å². The Bertz CT molecular complexity index is 516. The van der Waals surface area contributed by atoms with Crippen LogP contribution in [0.4, 0.5) is 5.13 Å². The lowest BCUT2D eigenvalue weighted by Crippen LogP contribution is -2.06. The molecule has 1 atom stereocenters. The Morgan fingerprint density at radius 3 is 2.21 bits per heavy atom. The Labute approximate surface area is 119 Å². The largest absolute Gasteiger partial charge is 0.354 e. The molecule has 1 N–H and O–H groups in total. The van der Waals surface area contributed by atoms with Gasteiger partial charge in [-0.3, -0.25) is 0 Å². The fraction of sp³-hybridized carbons (Fsp3) is 0.467. The highest BCUT2D eigenvalue weighted by Crippen LogP contribution is 2.24. The molecule has 0 bridgehead atoms. The molecule has 1 aromatic carbocycles. The number of nitrogens with zero attached hydrogens (tertiary/aromatic N) is 2. The third-order valence-electron chi connectivity index (χ3n) is 3.21. The molecule has 1 aromatic heterocycles. The highest BCUT2D eigenvalue weighted by molar-refractivity contribution is 7.15. The fourth-order valence-electron chi connectivity index (χ4n) is 1.89. The predicted octanol–water partition coefficient (Wildman–Crippen LogP) is 4.40. The Balaban J connectivity index is 2.04. The molecule has 2 rings (SSSR count). The molecular formula is C15H21N3S. The van der Waals surface area contributed by atoms with E-state index in [4.69, 9.17) is 0 Å². The molecule has 0 aliphatic heterocycles. The van der Waals surface area contributed by atoms with Gasteiger partial charge in [0.15, 0.2) is 0 Å². The number of hydrogen-bond acceptors (Lipinski definition) is 4. The molecule has 3 nitrogen and oxygen atoms in total. The zero-order chi connectivity index (χ0) is 13.8. The summed E-state index contributed by atoms with van der Waals surface area (Å²) in [7, 11) is 0. The number of nitrogens with one attached hydrogen (secondary N) is 1. The van der Waals surface area contributed by atoms with Crippen LogP contribution in [-0.4, -0.2) is 10.2 Å². The molecule has 0 saturated heterocycles. The second-order valence-electron chi connectivity index (χ2n) is 5.04. The molecule has 0 fully saturated rings. The van der Waals surface area contributed by atoms with E-state index < -0.39 is 0 Å². The van der Waals surface area contributed by atoms with Crippen molar-refractivity contribution < 1.29 is 0 Å². The van der Waals surface area contributed by atoms with Crippen molar-refractivity contribution in [1.82, 2.24) is 10.2 Å². The number of hydrogen-bond donors (Lipinski definition) is 1. The molecule has 2 aromatic rings. The molecule has 0 saturated carbocycles. The van der Waals surface area contributed by atoms with E-state index in [1.807, 2.05) is 0 Å². The van der Waals surface area contributed by atoms with E-state index >= 15 is 0 Å². The quantitative estimate of drug-likeness (QED) is 0.879. The molecule has 1 heterocycles. The first-order valence-electron chi connectivity index (χ1n) is 6.79. The zero-order valence-electron chi connectivity index (χ0n) is 12.0. The van der Waals surface area contributed by atoms with Gasteiger partial charge in [0.25, 0.3) is 0 Å². The summed E-state index contributed by atoms with van der Waals surface area (Å²) in [5.41, 5.74) is 2.65. The van der Waals surface area contributed by atoms with Gasteiger partial charge >= 0.3 is 0 Å². The van der Waals surface area contributed by atoms with Crippen molar-refractivity contribution in [1.29, 1.82) is 0 Å². The lowest BCUT2D eigenvalue weighted by molar-refractivity contribution is 0.848. The molecule has 1 unspecified atom stereocenters. The summed E-state index contributed by atoms with van der Waals surface area (Å²) in [6.07, 6.45) is 0.941. The molecule has 102 valence electrons. The fourth-order valence-corrected chi connectivity index (χ4v) is 2.66. The Kier molecular flexibility index (Phi) is 4.53. The Hall–Kier alpha value is -1.42. The molecule has 19 heavy (non-hydrogen) atoms. The van der Waals surface area contributed by atoms with Crippen molar-refractivity contribution in [3.63, 3.8) is 0 Å². The van der Waals surface area contributed by atoms with E-state index in [2.05, 4.69) is 67.5 Å². The summed E-state index contributed by atoms with van der Waals surface area (Å²) in [5, 5.41) is 13.7. The van der Waals surface area contributed by atoms with Crippen LogP contribution in [0.5, 0.6) is 0 Å². The standard InChI is InChI=1S/C15H21N3S/c1-5-14-17-18-15(19-14)16-11(4)13-8-6-12(7-9-13)10(2)3/h6-11H,5H2,1-4H3,(H,16,18). The van der Waals surface area contributed by atoms with Crippen molar-refractivity contribution in [2.45, 2.75) is 46.1 Å². The van der Waals surface area contributed by atoms with Gasteiger partial charge in [0.2, 0.25) is 5.13 Å². The predicted molar refractivity (Wildman–Crippen MR) is 81.9 cm³/mol. The highest BCUT2D eigenvalue weighted by atomic mass is 32.1. The van der Waals surface area contributed by atoms with Gasteiger partial charge in [0.1, 0.15) is 5.01 Å². The van der Waals surface area contributed by atoms with E-state index in [0.717, 1.165) is 16.6 Å². The topological polar surface area (TPSA) is 37.8 Å². The van der Waals surface area contributed by atoms with E-state index in [-0.39, 0.29) is 6.04 Å². The molecule has 0 radical (unpaired) electrons. The molecule has 0 aliphatic carbocycles. The maximum atomic E-state index is 4.16. The van der Waals surface area contributed by atoms with Gasteiger partial charge in [0, 0.05) is 0 Å². The zero-order valence-corrected chi connectivity index (χ0v) is 12.8. The van der Waals surface area contributed by atoms with Gasteiger partial charge in [-0.2, -0.15) is 0 Å². The third-order valence-corrected chi connectivity index (χ3v) is 4.21. The minimum atomic E-state index is 0.249. The highest BCUT2D eigenvalue weighted by Gasteiger charge is 2.09. The lowest BCUT2D eigenvalue weighted by Gasteiger charge is -2.14. The lowest BCUT2D eigenvalue weighted by atomic mass is 10.00. The van der Waals surface area contributed by atoms with E-state index in [0.29, 0.717) is 5.92 Å². The number of aryl methyl sites for hydroxylation is 1. The van der Waals surface area contributed by atoms with E-state index in [1.54, 1.807) is 11.3 Å². The number of rotatable bonds is 5. The minimum absolute atomic E-state index is 0.249. The van der Waals surface area contributed by atoms with Crippen molar-refractivity contribution >= 4 is 16.5 Å². The van der Waals surface area contributed by atoms with Gasteiger partial charge < -0.3 is 5.32 Å². The summed E-state index contributed by atoms with van der Waals surface area (Å²) >= 11 is 1.63. The van der Waals surface area contributed by atoms with Crippen LogP contribution in [0.2, 0.25) is 0 Å². The summed E-state index contributed by atoms with van der Waals surface area (Å²) in [6.45, 7) is 8.67. The van der Waals surface area contributed by atoms with Gasteiger partial charge in [0.05, 0.1) is 6.04 Å².